The Morgan fingerprint density at radius 1 is 1.10 bits per heavy atom. The maximum Gasteiger partial charge on any atom is 1.00 e. The van der Waals surface area contributed by atoms with Gasteiger partial charge in [-0.2, -0.15) is 10.8 Å². The van der Waals surface area contributed by atoms with Crippen LogP contribution in [-0.4, -0.2) is 30.0 Å². The van der Waals surface area contributed by atoms with Crippen molar-refractivity contribution in [1.82, 2.24) is 4.90 Å². The third-order valence-corrected chi connectivity index (χ3v) is 8.08. The molecule has 0 atom stereocenters. The number of rotatable bonds is 6. The van der Waals surface area contributed by atoms with Crippen LogP contribution < -0.4 is 57.1 Å². The van der Waals surface area contributed by atoms with E-state index in [0.717, 1.165) is 52.9 Å². The van der Waals surface area contributed by atoms with Gasteiger partial charge in [-0.25, -0.2) is 4.39 Å². The number of thioether (sulfide) groups is 1. The number of aliphatic imine (C=N–C) groups is 1. The summed E-state index contributed by atoms with van der Waals surface area (Å²) in [4.78, 5) is 7.28. The fourth-order valence-electron chi connectivity index (χ4n) is 4.80. The molecule has 3 heterocycles. The van der Waals surface area contributed by atoms with Crippen LogP contribution in [0.1, 0.15) is 102 Å². The molecule has 224 valence electrons. The molecule has 3 aliphatic rings. The van der Waals surface area contributed by atoms with Gasteiger partial charge >= 0.3 is 51.4 Å². The van der Waals surface area contributed by atoms with E-state index in [4.69, 9.17) is 10.5 Å². The zero-order chi connectivity index (χ0) is 30.4. The smallest absolute Gasteiger partial charge is 0.440 e. The number of likely N-dealkylation sites (tertiary alicyclic amines) is 1. The van der Waals surface area contributed by atoms with E-state index in [9.17, 15) is 9.65 Å². The number of aryl methyl sites for hydroxylation is 1. The molecule has 0 unspecified atom stereocenters. The summed E-state index contributed by atoms with van der Waals surface area (Å²) in [5, 5.41) is 9.84. The Hall–Kier alpha value is -1.15. The van der Waals surface area contributed by atoms with Crippen molar-refractivity contribution in [3.8, 4) is 17.2 Å². The molecule has 3 aliphatic heterocycles. The number of unbranched alkanes of at least 4 members (excludes halogenated alkanes) is 1. The minimum atomic E-state index is -0.324. The summed E-state index contributed by atoms with van der Waals surface area (Å²) in [6, 6.07) is 9.03. The van der Waals surface area contributed by atoms with Crippen molar-refractivity contribution in [2.75, 3.05) is 18.8 Å². The minimum absolute atomic E-state index is 0. The molecule has 1 fully saturated rings. The molecule has 0 spiro atoms. The molecule has 0 aromatic heterocycles. The number of benzene rings is 2. The number of fused-ring (bicyclic) bond motifs is 2. The second kappa shape index (κ2) is 20.7. The van der Waals surface area contributed by atoms with Gasteiger partial charge in [-0.3, -0.25) is 0 Å². The van der Waals surface area contributed by atoms with Crippen LogP contribution in [0.4, 0.5) is 4.39 Å². The van der Waals surface area contributed by atoms with E-state index >= 15 is 0 Å². The normalized spacial score (nSPS) is 15.1. The summed E-state index contributed by atoms with van der Waals surface area (Å²) in [5.41, 5.74) is 13.5. The van der Waals surface area contributed by atoms with Crippen LogP contribution in [-0.2, 0) is 24.4 Å². The van der Waals surface area contributed by atoms with Crippen molar-refractivity contribution in [2.24, 2.45) is 10.7 Å². The molecule has 0 aliphatic carbocycles. The van der Waals surface area contributed by atoms with E-state index in [2.05, 4.69) is 42.8 Å². The summed E-state index contributed by atoms with van der Waals surface area (Å²) in [6.45, 7) is 19.4. The number of allylic oxidation sites excluding steroid dienone is 1. The summed E-state index contributed by atoms with van der Waals surface area (Å²) >= 11 is 1.34. The predicted octanol–water partition coefficient (Wildman–Crippen LogP) is 5.68. The van der Waals surface area contributed by atoms with Crippen LogP contribution in [0.5, 0.6) is 0 Å². The summed E-state index contributed by atoms with van der Waals surface area (Å²) < 4.78 is 20.6. The number of nitrogens with two attached hydrogens (primary N) is 1. The van der Waals surface area contributed by atoms with Gasteiger partial charge in [0.1, 0.15) is 11.9 Å². The molecule has 8 heteroatoms. The number of halogens is 1. The molecular formula is C34H47FKN4OS-. The number of hydrogen-bond acceptors (Lipinski definition) is 6. The SMILES string of the molecule is CC.CC.CCCC.CCc1[c-]c(/C=N\[CH-]N2CCCC2)c2c(c1-c1ccc(F)c3c1C(C#N)=C(N)CS3)COC2.[K+]. The van der Waals surface area contributed by atoms with Crippen molar-refractivity contribution in [1.29, 1.82) is 5.26 Å². The van der Waals surface area contributed by atoms with Crippen LogP contribution in [0.15, 0.2) is 27.7 Å². The van der Waals surface area contributed by atoms with E-state index < -0.39 is 0 Å². The fourth-order valence-corrected chi connectivity index (χ4v) is 5.81. The third kappa shape index (κ3) is 9.42. The van der Waals surface area contributed by atoms with Crippen LogP contribution in [0.3, 0.4) is 0 Å². The van der Waals surface area contributed by atoms with Gasteiger partial charge in [-0.15, -0.1) is 35.2 Å². The second-order valence-corrected chi connectivity index (χ2v) is 10.4. The average Bonchev–Trinajstić information content (AvgIpc) is 3.72. The fraction of sp³-hybridized carbons (Fsp3) is 0.500. The first-order chi connectivity index (χ1) is 20.0. The van der Waals surface area contributed by atoms with Crippen molar-refractivity contribution < 1.29 is 60.5 Å². The molecule has 2 aromatic carbocycles. The van der Waals surface area contributed by atoms with Crippen molar-refractivity contribution >= 4 is 23.5 Å². The van der Waals surface area contributed by atoms with Crippen molar-refractivity contribution in [3.63, 3.8) is 0 Å². The quantitative estimate of drug-likeness (QED) is 0.257. The standard InChI is InChI=1S/C26H25FN4OS.C4H10.2C2H6.K/c1-2-16-9-17(11-30-15-31-7-3-4-8-31)20-12-32-13-21(20)24(16)18-5-6-22(27)26-25(18)19(10-28)23(29)14-33-26;1-3-4-2;2*1-2;/h5-6,11,15H,2-4,7-8,12-14,29H2,1H3;3-4H2,1-2H3;2*1-2H3;/q-2;;;;+1/b30-11-;;;;. The monoisotopic (exact) mass is 617 g/mol. The topological polar surface area (TPSA) is 74.6 Å². The summed E-state index contributed by atoms with van der Waals surface area (Å²) in [6.07, 6.45) is 7.66. The second-order valence-electron chi connectivity index (χ2n) is 9.43. The Morgan fingerprint density at radius 3 is 2.33 bits per heavy atom. The van der Waals surface area contributed by atoms with Crippen molar-refractivity contribution in [3.05, 3.63) is 64.2 Å². The first-order valence-corrected chi connectivity index (χ1v) is 16.1. The Labute approximate surface area is 301 Å². The van der Waals surface area contributed by atoms with E-state index in [1.165, 1.54) is 43.5 Å². The van der Waals surface area contributed by atoms with Gasteiger partial charge in [0, 0.05) is 23.6 Å². The molecule has 0 amide bonds. The molecule has 2 N–H and O–H groups in total. The predicted molar refractivity (Wildman–Crippen MR) is 172 cm³/mol. The Morgan fingerprint density at radius 2 is 1.74 bits per heavy atom. The molecule has 42 heavy (non-hydrogen) atoms. The van der Waals surface area contributed by atoms with Gasteiger partial charge in [0.15, 0.2) is 0 Å². The molecule has 5 nitrogen and oxygen atoms in total. The summed E-state index contributed by atoms with van der Waals surface area (Å²) in [7, 11) is 0. The van der Waals surface area contributed by atoms with E-state index in [0.29, 0.717) is 40.7 Å². The number of ether oxygens (including phenoxy) is 1. The number of nitrogens with zero attached hydrogens (tertiary/aromatic N) is 3. The molecule has 5 rings (SSSR count). The first-order valence-electron chi connectivity index (χ1n) is 15.2. The van der Waals surface area contributed by atoms with Crippen LogP contribution in [0.2, 0.25) is 0 Å². The first kappa shape index (κ1) is 38.9. The van der Waals surface area contributed by atoms with Gasteiger partial charge in [0.2, 0.25) is 0 Å². The summed E-state index contributed by atoms with van der Waals surface area (Å²) in [5.74, 6) is 0.0859. The van der Waals surface area contributed by atoms with Crippen LogP contribution >= 0.6 is 11.8 Å². The molecule has 0 radical (unpaired) electrons. The molecule has 2 aromatic rings. The van der Waals surface area contributed by atoms with Gasteiger partial charge in [-0.1, -0.05) is 85.2 Å². The Bertz CT molecular complexity index is 1250. The average molecular weight is 618 g/mol. The van der Waals surface area contributed by atoms with E-state index in [1.54, 1.807) is 6.07 Å². The molecule has 0 bridgehead atoms. The van der Waals surface area contributed by atoms with E-state index in [-0.39, 0.29) is 57.2 Å². The number of nitriles is 1. The Balaban J connectivity index is 0.000000890. The zero-order valence-electron chi connectivity index (χ0n) is 27.0. The number of hydrogen-bond donors (Lipinski definition) is 1. The third-order valence-electron chi connectivity index (χ3n) is 6.93. The maximum atomic E-state index is 14.7. The van der Waals surface area contributed by atoms with Gasteiger partial charge in [0.25, 0.3) is 0 Å². The van der Waals surface area contributed by atoms with Crippen molar-refractivity contribution in [2.45, 2.75) is 98.7 Å². The van der Waals surface area contributed by atoms with Gasteiger partial charge in [0.05, 0.1) is 17.1 Å². The van der Waals surface area contributed by atoms with E-state index in [1.807, 2.05) is 40.6 Å². The zero-order valence-corrected chi connectivity index (χ0v) is 30.9. The molecule has 1 saturated heterocycles. The maximum absolute atomic E-state index is 14.7. The van der Waals surface area contributed by atoms with Crippen LogP contribution in [0, 0.1) is 29.9 Å². The van der Waals surface area contributed by atoms with Crippen LogP contribution in [0.25, 0.3) is 16.7 Å². The minimum Gasteiger partial charge on any atom is -0.440 e. The van der Waals surface area contributed by atoms with Gasteiger partial charge in [-0.05, 0) is 44.0 Å². The largest absolute Gasteiger partial charge is 1.00 e. The van der Waals surface area contributed by atoms with Gasteiger partial charge < -0.3 is 20.4 Å². The Kier molecular flexibility index (Phi) is 19.2. The molecular weight excluding hydrogens is 571 g/mol. The molecule has 0 saturated carbocycles.